The van der Waals surface area contributed by atoms with Gasteiger partial charge in [-0.25, -0.2) is 4.98 Å². The Morgan fingerprint density at radius 1 is 1.25 bits per heavy atom. The third kappa shape index (κ3) is 3.81. The Labute approximate surface area is 120 Å². The fraction of sp³-hybridized carbons (Fsp3) is 0.467. The third-order valence-corrected chi connectivity index (χ3v) is 3.45. The highest BCUT2D eigenvalue weighted by atomic mass is 16.5. The largest absolute Gasteiger partial charge is 0.497 e. The van der Waals surface area contributed by atoms with E-state index in [2.05, 4.69) is 27.5 Å². The van der Waals surface area contributed by atoms with Gasteiger partial charge in [-0.05, 0) is 43.6 Å². The molecule has 1 aromatic carbocycles. The van der Waals surface area contributed by atoms with Crippen molar-refractivity contribution in [1.82, 2.24) is 20.1 Å². The number of aryl methyl sites for hydroxylation is 1. The molecule has 0 saturated heterocycles. The maximum atomic E-state index is 5.19. The molecule has 0 saturated carbocycles. The van der Waals surface area contributed by atoms with Crippen LogP contribution in [0.4, 0.5) is 0 Å². The van der Waals surface area contributed by atoms with Gasteiger partial charge in [0.1, 0.15) is 17.9 Å². The van der Waals surface area contributed by atoms with Crippen LogP contribution < -0.4 is 10.1 Å². The van der Waals surface area contributed by atoms with Crippen LogP contribution in [0.5, 0.6) is 5.75 Å². The van der Waals surface area contributed by atoms with E-state index in [4.69, 9.17) is 4.74 Å². The number of nitrogens with one attached hydrogen (secondary N) is 1. The van der Waals surface area contributed by atoms with E-state index in [0.29, 0.717) is 5.92 Å². The predicted molar refractivity (Wildman–Crippen MR) is 78.8 cm³/mol. The van der Waals surface area contributed by atoms with Crippen molar-refractivity contribution in [2.24, 2.45) is 13.0 Å². The minimum Gasteiger partial charge on any atom is -0.497 e. The second-order valence-corrected chi connectivity index (χ2v) is 4.98. The highest BCUT2D eigenvalue weighted by Crippen LogP contribution is 2.16. The quantitative estimate of drug-likeness (QED) is 0.830. The summed E-state index contributed by atoms with van der Waals surface area (Å²) in [5.41, 5.74) is 1.31. The lowest BCUT2D eigenvalue weighted by Crippen LogP contribution is -2.24. The average molecular weight is 274 g/mol. The standard InChI is InChI=1S/C15H22N4O/c1-16-10-13(9-15-17-11-18-19(15)2)8-12-4-6-14(20-3)7-5-12/h4-7,11,13,16H,8-10H2,1-3H3. The van der Waals surface area contributed by atoms with E-state index >= 15 is 0 Å². The highest BCUT2D eigenvalue weighted by Gasteiger charge is 2.13. The van der Waals surface area contributed by atoms with Gasteiger partial charge in [0, 0.05) is 13.5 Å². The van der Waals surface area contributed by atoms with Crippen LogP contribution in [-0.4, -0.2) is 35.5 Å². The van der Waals surface area contributed by atoms with Gasteiger partial charge in [0.05, 0.1) is 7.11 Å². The molecule has 5 nitrogen and oxygen atoms in total. The molecule has 0 aliphatic carbocycles. The van der Waals surface area contributed by atoms with Crippen LogP contribution in [-0.2, 0) is 19.9 Å². The van der Waals surface area contributed by atoms with Crippen molar-refractivity contribution < 1.29 is 4.74 Å². The van der Waals surface area contributed by atoms with Crippen LogP contribution in [0.3, 0.4) is 0 Å². The van der Waals surface area contributed by atoms with Crippen LogP contribution in [0.1, 0.15) is 11.4 Å². The predicted octanol–water partition coefficient (Wildman–Crippen LogP) is 1.44. The van der Waals surface area contributed by atoms with E-state index in [1.807, 2.05) is 30.9 Å². The molecule has 0 aliphatic rings. The minimum absolute atomic E-state index is 0.497. The molecule has 1 N–H and O–H groups in total. The van der Waals surface area contributed by atoms with E-state index in [9.17, 15) is 0 Å². The monoisotopic (exact) mass is 274 g/mol. The molecule has 1 aromatic heterocycles. The highest BCUT2D eigenvalue weighted by molar-refractivity contribution is 5.27. The summed E-state index contributed by atoms with van der Waals surface area (Å²) in [6.45, 7) is 0.957. The maximum absolute atomic E-state index is 5.19. The van der Waals surface area contributed by atoms with Gasteiger partial charge >= 0.3 is 0 Å². The lowest BCUT2D eigenvalue weighted by Gasteiger charge is -2.16. The Morgan fingerprint density at radius 2 is 2.00 bits per heavy atom. The molecule has 1 atom stereocenters. The first-order valence-electron chi connectivity index (χ1n) is 6.83. The summed E-state index contributed by atoms with van der Waals surface area (Å²) < 4.78 is 7.03. The topological polar surface area (TPSA) is 52.0 Å². The smallest absolute Gasteiger partial charge is 0.138 e. The van der Waals surface area contributed by atoms with E-state index in [0.717, 1.165) is 31.0 Å². The molecule has 108 valence electrons. The summed E-state index contributed by atoms with van der Waals surface area (Å²) >= 11 is 0. The number of rotatable bonds is 7. The maximum Gasteiger partial charge on any atom is 0.138 e. The number of benzene rings is 1. The Morgan fingerprint density at radius 3 is 2.55 bits per heavy atom. The van der Waals surface area contributed by atoms with Gasteiger partial charge in [0.2, 0.25) is 0 Å². The van der Waals surface area contributed by atoms with Gasteiger partial charge in [-0.15, -0.1) is 0 Å². The fourth-order valence-electron chi connectivity index (χ4n) is 2.36. The molecular formula is C15H22N4O. The number of ether oxygens (including phenoxy) is 1. The minimum atomic E-state index is 0.497. The van der Waals surface area contributed by atoms with Crippen molar-refractivity contribution in [3.8, 4) is 5.75 Å². The molecule has 1 heterocycles. The number of aromatic nitrogens is 3. The number of methoxy groups -OCH3 is 1. The van der Waals surface area contributed by atoms with Crippen molar-refractivity contribution in [2.45, 2.75) is 12.8 Å². The molecule has 1 unspecified atom stereocenters. The van der Waals surface area contributed by atoms with Crippen LogP contribution in [0, 0.1) is 5.92 Å². The second kappa shape index (κ2) is 7.05. The molecule has 0 fully saturated rings. The number of nitrogens with zero attached hydrogens (tertiary/aromatic N) is 3. The Balaban J connectivity index is 2.02. The summed E-state index contributed by atoms with van der Waals surface area (Å²) in [6.07, 6.45) is 3.54. The molecule has 2 rings (SSSR count). The van der Waals surface area contributed by atoms with E-state index in [1.165, 1.54) is 5.56 Å². The van der Waals surface area contributed by atoms with Gasteiger partial charge in [-0.1, -0.05) is 12.1 Å². The van der Waals surface area contributed by atoms with Gasteiger partial charge in [0.15, 0.2) is 0 Å². The van der Waals surface area contributed by atoms with Gasteiger partial charge in [0.25, 0.3) is 0 Å². The molecule has 0 amide bonds. The first-order chi connectivity index (χ1) is 9.72. The summed E-state index contributed by atoms with van der Waals surface area (Å²) in [4.78, 5) is 4.31. The zero-order valence-corrected chi connectivity index (χ0v) is 12.3. The van der Waals surface area contributed by atoms with Gasteiger partial charge in [-0.3, -0.25) is 4.68 Å². The molecule has 2 aromatic rings. The van der Waals surface area contributed by atoms with Crippen LogP contribution in [0.25, 0.3) is 0 Å². The van der Waals surface area contributed by atoms with Crippen molar-refractivity contribution in [1.29, 1.82) is 0 Å². The first kappa shape index (κ1) is 14.5. The van der Waals surface area contributed by atoms with Crippen molar-refractivity contribution >= 4 is 0 Å². The zero-order chi connectivity index (χ0) is 14.4. The van der Waals surface area contributed by atoms with Crippen molar-refractivity contribution in [3.63, 3.8) is 0 Å². The molecule has 5 heteroatoms. The fourth-order valence-corrected chi connectivity index (χ4v) is 2.36. The van der Waals surface area contributed by atoms with Crippen LogP contribution >= 0.6 is 0 Å². The summed E-state index contributed by atoms with van der Waals surface area (Å²) in [7, 11) is 5.61. The SMILES string of the molecule is CNCC(Cc1ccc(OC)cc1)Cc1ncnn1C. The molecule has 0 spiro atoms. The number of hydrogen-bond acceptors (Lipinski definition) is 4. The lowest BCUT2D eigenvalue weighted by atomic mass is 9.95. The summed E-state index contributed by atoms with van der Waals surface area (Å²) in [5.74, 6) is 2.42. The summed E-state index contributed by atoms with van der Waals surface area (Å²) in [5, 5.41) is 7.39. The lowest BCUT2D eigenvalue weighted by molar-refractivity contribution is 0.414. The summed E-state index contributed by atoms with van der Waals surface area (Å²) in [6, 6.07) is 8.26. The zero-order valence-electron chi connectivity index (χ0n) is 12.3. The second-order valence-electron chi connectivity index (χ2n) is 4.98. The molecule has 0 bridgehead atoms. The van der Waals surface area contributed by atoms with Crippen LogP contribution in [0.2, 0.25) is 0 Å². The Kier molecular flexibility index (Phi) is 5.12. The van der Waals surface area contributed by atoms with E-state index < -0.39 is 0 Å². The van der Waals surface area contributed by atoms with Gasteiger partial charge in [-0.2, -0.15) is 5.10 Å². The Hall–Kier alpha value is -1.88. The molecular weight excluding hydrogens is 252 g/mol. The van der Waals surface area contributed by atoms with Crippen LogP contribution in [0.15, 0.2) is 30.6 Å². The number of hydrogen-bond donors (Lipinski definition) is 1. The van der Waals surface area contributed by atoms with Crippen molar-refractivity contribution in [3.05, 3.63) is 42.0 Å². The molecule has 20 heavy (non-hydrogen) atoms. The van der Waals surface area contributed by atoms with E-state index in [-0.39, 0.29) is 0 Å². The molecule has 0 aliphatic heterocycles. The average Bonchev–Trinajstić information content (AvgIpc) is 2.85. The molecule has 0 radical (unpaired) electrons. The third-order valence-electron chi connectivity index (χ3n) is 3.45. The first-order valence-corrected chi connectivity index (χ1v) is 6.83. The van der Waals surface area contributed by atoms with E-state index in [1.54, 1.807) is 13.4 Å². The normalized spacial score (nSPS) is 12.3. The van der Waals surface area contributed by atoms with Gasteiger partial charge < -0.3 is 10.1 Å². The van der Waals surface area contributed by atoms with Crippen molar-refractivity contribution in [2.75, 3.05) is 20.7 Å². The Bertz CT molecular complexity index is 521.